The Morgan fingerprint density at radius 2 is 1.57 bits per heavy atom. The topological polar surface area (TPSA) is 35.2 Å². The summed E-state index contributed by atoms with van der Waals surface area (Å²) in [5.41, 5.74) is 6.04. The highest BCUT2D eigenvalue weighted by Gasteiger charge is 2.31. The molecule has 0 aromatic heterocycles. The Kier molecular flexibility index (Phi) is 4.13. The molecule has 1 atom stereocenters. The molecule has 0 radical (unpaired) electrons. The minimum atomic E-state index is -4.79. The molecular formula is C14H10F5NO. The van der Waals surface area contributed by atoms with E-state index in [1.165, 1.54) is 24.3 Å². The lowest BCUT2D eigenvalue weighted by Crippen LogP contribution is -2.17. The molecule has 21 heavy (non-hydrogen) atoms. The third-order valence-corrected chi connectivity index (χ3v) is 2.79. The largest absolute Gasteiger partial charge is 0.573 e. The Morgan fingerprint density at radius 3 is 2.14 bits per heavy atom. The lowest BCUT2D eigenvalue weighted by Gasteiger charge is -2.15. The molecule has 0 aliphatic heterocycles. The molecule has 0 fully saturated rings. The number of halogens is 5. The second-order valence-corrected chi connectivity index (χ2v) is 4.24. The van der Waals surface area contributed by atoms with E-state index in [-0.39, 0.29) is 5.56 Å². The zero-order valence-electron chi connectivity index (χ0n) is 10.5. The van der Waals surface area contributed by atoms with Gasteiger partial charge in [-0.1, -0.05) is 24.3 Å². The maximum atomic E-state index is 13.6. The minimum absolute atomic E-state index is 0.0838. The average molecular weight is 303 g/mol. The van der Waals surface area contributed by atoms with Crippen LogP contribution < -0.4 is 10.5 Å². The molecule has 0 heterocycles. The van der Waals surface area contributed by atoms with Gasteiger partial charge in [0, 0.05) is 5.56 Å². The summed E-state index contributed by atoms with van der Waals surface area (Å²) in [6, 6.07) is 7.19. The Hall–Kier alpha value is -2.15. The van der Waals surface area contributed by atoms with Crippen LogP contribution in [0.3, 0.4) is 0 Å². The Bertz CT molecular complexity index is 624. The van der Waals surface area contributed by atoms with Crippen molar-refractivity contribution in [2.24, 2.45) is 5.73 Å². The van der Waals surface area contributed by atoms with Crippen LogP contribution >= 0.6 is 0 Å². The van der Waals surface area contributed by atoms with Crippen molar-refractivity contribution in [2.45, 2.75) is 12.4 Å². The Labute approximate surface area is 116 Å². The van der Waals surface area contributed by atoms with Crippen LogP contribution in [0.25, 0.3) is 0 Å². The zero-order valence-corrected chi connectivity index (χ0v) is 10.5. The van der Waals surface area contributed by atoms with E-state index in [2.05, 4.69) is 4.74 Å². The first-order valence-electron chi connectivity index (χ1n) is 5.83. The van der Waals surface area contributed by atoms with E-state index >= 15 is 0 Å². The van der Waals surface area contributed by atoms with Gasteiger partial charge in [0.05, 0.1) is 6.04 Å². The number of benzene rings is 2. The fourth-order valence-corrected chi connectivity index (χ4v) is 1.82. The van der Waals surface area contributed by atoms with Gasteiger partial charge in [0.25, 0.3) is 0 Å². The van der Waals surface area contributed by atoms with Crippen LogP contribution in [-0.2, 0) is 0 Å². The monoisotopic (exact) mass is 303 g/mol. The van der Waals surface area contributed by atoms with Crippen molar-refractivity contribution in [3.05, 3.63) is 65.2 Å². The molecule has 7 heteroatoms. The van der Waals surface area contributed by atoms with Gasteiger partial charge >= 0.3 is 6.36 Å². The molecule has 0 spiro atoms. The van der Waals surface area contributed by atoms with E-state index in [1.54, 1.807) is 0 Å². The summed E-state index contributed by atoms with van der Waals surface area (Å²) in [6.07, 6.45) is -4.79. The number of hydrogen-bond donors (Lipinski definition) is 1. The number of rotatable bonds is 3. The zero-order chi connectivity index (χ0) is 15.6. The van der Waals surface area contributed by atoms with Crippen LogP contribution in [0.2, 0.25) is 0 Å². The Morgan fingerprint density at radius 1 is 0.952 bits per heavy atom. The van der Waals surface area contributed by atoms with Crippen molar-refractivity contribution in [2.75, 3.05) is 0 Å². The van der Waals surface area contributed by atoms with Crippen molar-refractivity contribution in [1.29, 1.82) is 0 Å². The van der Waals surface area contributed by atoms with E-state index in [4.69, 9.17) is 5.73 Å². The van der Waals surface area contributed by atoms with Crippen molar-refractivity contribution < 1.29 is 26.7 Å². The molecular weight excluding hydrogens is 293 g/mol. The second-order valence-electron chi connectivity index (χ2n) is 4.24. The SMILES string of the molecule is N[C@H](c1ccc(OC(F)(F)F)cc1)c1cccc(F)c1F. The summed E-state index contributed by atoms with van der Waals surface area (Å²) >= 11 is 0. The molecule has 112 valence electrons. The van der Waals surface area contributed by atoms with E-state index in [0.717, 1.165) is 18.2 Å². The van der Waals surface area contributed by atoms with Crippen LogP contribution in [0, 0.1) is 11.6 Å². The van der Waals surface area contributed by atoms with Gasteiger partial charge in [-0.15, -0.1) is 13.2 Å². The highest BCUT2D eigenvalue weighted by Crippen LogP contribution is 2.27. The van der Waals surface area contributed by atoms with Crippen LogP contribution in [0.1, 0.15) is 17.2 Å². The standard InChI is InChI=1S/C14H10F5NO/c15-11-3-1-2-10(12(11)16)13(20)8-4-6-9(7-5-8)21-14(17,18)19/h1-7,13H,20H2/t13-/m1/s1. The quantitative estimate of drug-likeness (QED) is 0.873. The van der Waals surface area contributed by atoms with E-state index < -0.39 is 29.8 Å². The number of alkyl halides is 3. The van der Waals surface area contributed by atoms with Crippen LogP contribution in [0.4, 0.5) is 22.0 Å². The van der Waals surface area contributed by atoms with Gasteiger partial charge in [-0.2, -0.15) is 0 Å². The normalized spacial score (nSPS) is 13.0. The number of hydrogen-bond acceptors (Lipinski definition) is 2. The number of nitrogens with two attached hydrogens (primary N) is 1. The maximum Gasteiger partial charge on any atom is 0.573 e. The van der Waals surface area contributed by atoms with Gasteiger partial charge in [-0.25, -0.2) is 8.78 Å². The summed E-state index contributed by atoms with van der Waals surface area (Å²) in [5, 5.41) is 0. The van der Waals surface area contributed by atoms with Gasteiger partial charge in [0.1, 0.15) is 5.75 Å². The first kappa shape index (κ1) is 15.2. The first-order chi connectivity index (χ1) is 9.78. The molecule has 0 saturated heterocycles. The molecule has 0 amide bonds. The van der Waals surface area contributed by atoms with Crippen molar-refractivity contribution >= 4 is 0 Å². The van der Waals surface area contributed by atoms with Crippen molar-refractivity contribution in [3.8, 4) is 5.75 Å². The molecule has 0 aliphatic carbocycles. The molecule has 2 nitrogen and oxygen atoms in total. The molecule has 2 aromatic carbocycles. The lowest BCUT2D eigenvalue weighted by atomic mass is 9.99. The predicted octanol–water partition coefficient (Wildman–Crippen LogP) is 3.91. The lowest BCUT2D eigenvalue weighted by molar-refractivity contribution is -0.274. The van der Waals surface area contributed by atoms with Crippen LogP contribution in [-0.4, -0.2) is 6.36 Å². The fourth-order valence-electron chi connectivity index (χ4n) is 1.82. The first-order valence-corrected chi connectivity index (χ1v) is 5.83. The second kappa shape index (κ2) is 5.69. The van der Waals surface area contributed by atoms with Gasteiger partial charge in [-0.3, -0.25) is 0 Å². The Balaban J connectivity index is 2.24. The molecule has 0 saturated carbocycles. The van der Waals surface area contributed by atoms with Gasteiger partial charge in [0.15, 0.2) is 11.6 Å². The summed E-state index contributed by atoms with van der Waals surface area (Å²) in [5.74, 6) is -2.54. The van der Waals surface area contributed by atoms with Crippen molar-refractivity contribution in [3.63, 3.8) is 0 Å². The average Bonchev–Trinajstić information content (AvgIpc) is 2.40. The van der Waals surface area contributed by atoms with Crippen LogP contribution in [0.15, 0.2) is 42.5 Å². The summed E-state index contributed by atoms with van der Waals surface area (Å²) in [7, 11) is 0. The van der Waals surface area contributed by atoms with E-state index in [0.29, 0.717) is 5.56 Å². The molecule has 2 N–H and O–H groups in total. The van der Waals surface area contributed by atoms with E-state index in [9.17, 15) is 22.0 Å². The van der Waals surface area contributed by atoms with Crippen LogP contribution in [0.5, 0.6) is 5.75 Å². The predicted molar refractivity (Wildman–Crippen MR) is 65.5 cm³/mol. The smallest absolute Gasteiger partial charge is 0.406 e. The third kappa shape index (κ3) is 3.69. The summed E-state index contributed by atoms with van der Waals surface area (Å²) in [4.78, 5) is 0. The molecule has 2 aromatic rings. The molecule has 0 aliphatic rings. The molecule has 0 bridgehead atoms. The maximum absolute atomic E-state index is 13.6. The molecule has 0 unspecified atom stereocenters. The minimum Gasteiger partial charge on any atom is -0.406 e. The van der Waals surface area contributed by atoms with Gasteiger partial charge < -0.3 is 10.5 Å². The highest BCUT2D eigenvalue weighted by molar-refractivity contribution is 5.36. The third-order valence-electron chi connectivity index (χ3n) is 2.79. The van der Waals surface area contributed by atoms with E-state index in [1.807, 2.05) is 0 Å². The van der Waals surface area contributed by atoms with Gasteiger partial charge in [-0.05, 0) is 23.8 Å². The molecule has 2 rings (SSSR count). The fraction of sp³-hybridized carbons (Fsp3) is 0.143. The number of ether oxygens (including phenoxy) is 1. The highest BCUT2D eigenvalue weighted by atomic mass is 19.4. The van der Waals surface area contributed by atoms with Gasteiger partial charge in [0.2, 0.25) is 0 Å². The van der Waals surface area contributed by atoms with Crippen molar-refractivity contribution in [1.82, 2.24) is 0 Å². The summed E-state index contributed by atoms with van der Waals surface area (Å²) in [6.45, 7) is 0. The summed E-state index contributed by atoms with van der Waals surface area (Å²) < 4.78 is 66.5.